The Hall–Kier alpha value is -0.910. The van der Waals surface area contributed by atoms with Crippen LogP contribution >= 0.6 is 0 Å². The Morgan fingerprint density at radius 2 is 2.05 bits per heavy atom. The molecule has 114 valence electrons. The lowest BCUT2D eigenvalue weighted by Gasteiger charge is -2.40. The zero-order valence-electron chi connectivity index (χ0n) is 13.6. The quantitative estimate of drug-likeness (QED) is 0.905. The number of nitrogens with zero attached hydrogens (tertiary/aromatic N) is 3. The van der Waals surface area contributed by atoms with Crippen molar-refractivity contribution in [2.75, 3.05) is 26.7 Å². The molecule has 5 heteroatoms. The summed E-state index contributed by atoms with van der Waals surface area (Å²) in [7, 11) is 4.19. The van der Waals surface area contributed by atoms with Crippen molar-refractivity contribution < 1.29 is 4.74 Å². The van der Waals surface area contributed by atoms with Gasteiger partial charge in [0, 0.05) is 37.4 Å². The molecule has 0 spiro atoms. The summed E-state index contributed by atoms with van der Waals surface area (Å²) in [4.78, 5) is 2.40. The van der Waals surface area contributed by atoms with Gasteiger partial charge in [0.1, 0.15) is 0 Å². The van der Waals surface area contributed by atoms with Gasteiger partial charge < -0.3 is 10.1 Å². The number of rotatable bonds is 4. The maximum absolute atomic E-state index is 6.04. The van der Waals surface area contributed by atoms with E-state index in [1.54, 1.807) is 0 Å². The van der Waals surface area contributed by atoms with Crippen LogP contribution in [-0.4, -0.2) is 53.6 Å². The predicted molar refractivity (Wildman–Crippen MR) is 80.9 cm³/mol. The van der Waals surface area contributed by atoms with E-state index in [1.807, 2.05) is 11.7 Å². The van der Waals surface area contributed by atoms with Crippen molar-refractivity contribution in [1.82, 2.24) is 20.0 Å². The van der Waals surface area contributed by atoms with Crippen LogP contribution in [0.2, 0.25) is 0 Å². The first kappa shape index (κ1) is 15.5. The number of hydrogen-bond donors (Lipinski definition) is 1. The SMILES string of the molecule is Cc1nn(C)c(C)c1C1C(CNC(C)C)OCCN1C. The molecule has 0 aromatic carbocycles. The molecule has 1 saturated heterocycles. The summed E-state index contributed by atoms with van der Waals surface area (Å²) in [5.74, 6) is 0. The summed E-state index contributed by atoms with van der Waals surface area (Å²) in [5.41, 5.74) is 3.67. The maximum atomic E-state index is 6.04. The molecule has 0 amide bonds. The van der Waals surface area contributed by atoms with Crippen LogP contribution in [0.15, 0.2) is 0 Å². The average molecular weight is 280 g/mol. The Morgan fingerprint density at radius 3 is 2.60 bits per heavy atom. The van der Waals surface area contributed by atoms with Crippen LogP contribution in [0.4, 0.5) is 0 Å². The third-order valence-electron chi connectivity index (χ3n) is 4.19. The molecule has 5 nitrogen and oxygen atoms in total. The van der Waals surface area contributed by atoms with Crippen molar-refractivity contribution in [2.45, 2.75) is 45.9 Å². The van der Waals surface area contributed by atoms with Crippen LogP contribution in [0.1, 0.15) is 36.8 Å². The normalized spacial score (nSPS) is 24.6. The van der Waals surface area contributed by atoms with E-state index in [0.29, 0.717) is 6.04 Å². The molecule has 2 unspecified atom stereocenters. The van der Waals surface area contributed by atoms with Gasteiger partial charge in [-0.3, -0.25) is 9.58 Å². The molecule has 1 aliphatic rings. The summed E-state index contributed by atoms with van der Waals surface area (Å²) in [6.45, 7) is 11.2. The van der Waals surface area contributed by atoms with Crippen LogP contribution in [0.5, 0.6) is 0 Å². The standard InChI is InChI=1S/C15H28N4O/c1-10(2)16-9-13-15(18(5)7-8-20-13)14-11(3)17-19(6)12(14)4/h10,13,15-16H,7-9H2,1-6H3. The van der Waals surface area contributed by atoms with Gasteiger partial charge in [0.05, 0.1) is 24.4 Å². The highest BCUT2D eigenvalue weighted by Crippen LogP contribution is 2.32. The first-order chi connectivity index (χ1) is 9.41. The van der Waals surface area contributed by atoms with Gasteiger partial charge in [-0.2, -0.15) is 5.10 Å². The zero-order valence-corrected chi connectivity index (χ0v) is 13.6. The molecule has 2 rings (SSSR count). The summed E-state index contributed by atoms with van der Waals surface area (Å²) in [6.07, 6.45) is 0.178. The number of aromatic nitrogens is 2. The molecular weight excluding hydrogens is 252 g/mol. The van der Waals surface area contributed by atoms with Crippen molar-refractivity contribution in [3.8, 4) is 0 Å². The van der Waals surface area contributed by atoms with E-state index in [1.165, 1.54) is 11.3 Å². The van der Waals surface area contributed by atoms with Gasteiger partial charge in [0.15, 0.2) is 0 Å². The van der Waals surface area contributed by atoms with E-state index in [2.05, 4.69) is 50.1 Å². The lowest BCUT2D eigenvalue weighted by Crippen LogP contribution is -2.48. The second-order valence-corrected chi connectivity index (χ2v) is 6.11. The molecule has 2 atom stereocenters. The molecule has 1 fully saturated rings. The number of ether oxygens (including phenoxy) is 1. The molecule has 1 aromatic rings. The first-order valence-corrected chi connectivity index (χ1v) is 7.47. The minimum absolute atomic E-state index is 0.178. The first-order valence-electron chi connectivity index (χ1n) is 7.47. The summed E-state index contributed by atoms with van der Waals surface area (Å²) in [5, 5.41) is 8.07. The van der Waals surface area contributed by atoms with Crippen molar-refractivity contribution in [1.29, 1.82) is 0 Å². The van der Waals surface area contributed by atoms with E-state index >= 15 is 0 Å². The van der Waals surface area contributed by atoms with Crippen molar-refractivity contribution in [2.24, 2.45) is 7.05 Å². The third-order valence-corrected chi connectivity index (χ3v) is 4.19. The van der Waals surface area contributed by atoms with Crippen molar-refractivity contribution in [3.05, 3.63) is 17.0 Å². The zero-order chi connectivity index (χ0) is 14.9. The Kier molecular flexibility index (Phi) is 4.83. The minimum Gasteiger partial charge on any atom is -0.374 e. The van der Waals surface area contributed by atoms with E-state index in [0.717, 1.165) is 25.4 Å². The highest BCUT2D eigenvalue weighted by Gasteiger charge is 2.34. The van der Waals surface area contributed by atoms with Gasteiger partial charge >= 0.3 is 0 Å². The molecule has 0 aliphatic carbocycles. The van der Waals surface area contributed by atoms with Crippen LogP contribution in [-0.2, 0) is 11.8 Å². The van der Waals surface area contributed by atoms with Gasteiger partial charge in [-0.25, -0.2) is 0 Å². The van der Waals surface area contributed by atoms with E-state index in [9.17, 15) is 0 Å². The van der Waals surface area contributed by atoms with Gasteiger partial charge in [-0.15, -0.1) is 0 Å². The highest BCUT2D eigenvalue weighted by molar-refractivity contribution is 5.29. The van der Waals surface area contributed by atoms with Crippen LogP contribution in [0, 0.1) is 13.8 Å². The number of morpholine rings is 1. The molecule has 0 bridgehead atoms. The summed E-state index contributed by atoms with van der Waals surface area (Å²) in [6, 6.07) is 0.756. The van der Waals surface area contributed by atoms with E-state index < -0.39 is 0 Å². The maximum Gasteiger partial charge on any atom is 0.0897 e. The van der Waals surface area contributed by atoms with Crippen molar-refractivity contribution >= 4 is 0 Å². The molecule has 0 radical (unpaired) electrons. The molecule has 1 aliphatic heterocycles. The topological polar surface area (TPSA) is 42.3 Å². The van der Waals surface area contributed by atoms with E-state index in [-0.39, 0.29) is 12.1 Å². The smallest absolute Gasteiger partial charge is 0.0897 e. The fourth-order valence-electron chi connectivity index (χ4n) is 3.01. The van der Waals surface area contributed by atoms with Crippen LogP contribution in [0.3, 0.4) is 0 Å². The number of nitrogens with one attached hydrogen (secondary N) is 1. The second kappa shape index (κ2) is 6.24. The Bertz CT molecular complexity index is 455. The number of hydrogen-bond acceptors (Lipinski definition) is 4. The lowest BCUT2D eigenvalue weighted by molar-refractivity contribution is -0.0624. The fraction of sp³-hybridized carbons (Fsp3) is 0.800. The molecule has 2 heterocycles. The van der Waals surface area contributed by atoms with Gasteiger partial charge in [0.2, 0.25) is 0 Å². The Morgan fingerprint density at radius 1 is 1.35 bits per heavy atom. The highest BCUT2D eigenvalue weighted by atomic mass is 16.5. The van der Waals surface area contributed by atoms with Crippen molar-refractivity contribution in [3.63, 3.8) is 0 Å². The van der Waals surface area contributed by atoms with Gasteiger partial charge in [0.25, 0.3) is 0 Å². The minimum atomic E-state index is 0.178. The predicted octanol–water partition coefficient (Wildman–Crippen LogP) is 1.41. The number of aryl methyl sites for hydroxylation is 2. The molecule has 1 aromatic heterocycles. The van der Waals surface area contributed by atoms with Crippen LogP contribution < -0.4 is 5.32 Å². The van der Waals surface area contributed by atoms with E-state index in [4.69, 9.17) is 4.74 Å². The van der Waals surface area contributed by atoms with Crippen LogP contribution in [0.25, 0.3) is 0 Å². The monoisotopic (exact) mass is 280 g/mol. The van der Waals surface area contributed by atoms with Gasteiger partial charge in [-0.1, -0.05) is 13.8 Å². The van der Waals surface area contributed by atoms with Gasteiger partial charge in [-0.05, 0) is 20.9 Å². The fourth-order valence-corrected chi connectivity index (χ4v) is 3.01. The number of likely N-dealkylation sites (N-methyl/N-ethyl adjacent to an activating group) is 1. The largest absolute Gasteiger partial charge is 0.374 e. The molecule has 0 saturated carbocycles. The molecular formula is C15H28N4O. The molecule has 20 heavy (non-hydrogen) atoms. The third kappa shape index (κ3) is 3.05. The average Bonchev–Trinajstić information content (AvgIpc) is 2.62. The summed E-state index contributed by atoms with van der Waals surface area (Å²) < 4.78 is 8.02. The molecule has 1 N–H and O–H groups in total. The summed E-state index contributed by atoms with van der Waals surface area (Å²) >= 11 is 0. The Labute approximate surface area is 122 Å². The Balaban J connectivity index is 2.27. The lowest BCUT2D eigenvalue weighted by atomic mass is 9.96. The second-order valence-electron chi connectivity index (χ2n) is 6.11.